The minimum absolute atomic E-state index is 0.396. The highest BCUT2D eigenvalue weighted by atomic mass is 16.6. The largest absolute Gasteiger partial charge is 0.417 e. The van der Waals surface area contributed by atoms with E-state index in [0.717, 1.165) is 16.8 Å². The number of carbonyl (C=O) groups excluding carboxylic acids is 1. The Morgan fingerprint density at radius 1 is 1.10 bits per heavy atom. The maximum atomic E-state index is 11.8. The van der Waals surface area contributed by atoms with Crippen LogP contribution >= 0.6 is 0 Å². The summed E-state index contributed by atoms with van der Waals surface area (Å²) in [5.41, 5.74) is 3.22. The fourth-order valence-electron chi connectivity index (χ4n) is 1.84. The van der Waals surface area contributed by atoms with Crippen molar-refractivity contribution in [3.63, 3.8) is 0 Å². The summed E-state index contributed by atoms with van der Waals surface area (Å²) >= 11 is 0. The maximum absolute atomic E-state index is 11.8. The van der Waals surface area contributed by atoms with Gasteiger partial charge in [-0.15, -0.1) is 0 Å². The van der Waals surface area contributed by atoms with Gasteiger partial charge in [-0.1, -0.05) is 18.2 Å². The summed E-state index contributed by atoms with van der Waals surface area (Å²) in [4.78, 5) is 11.8. The van der Waals surface area contributed by atoms with Crippen LogP contribution < -0.4 is 10.1 Å². The molecular formula is C16H14N2O2. The molecule has 0 bridgehead atoms. The van der Waals surface area contributed by atoms with Crippen molar-refractivity contribution in [3.8, 4) is 11.8 Å². The maximum Gasteiger partial charge on any atom is 0.417 e. The third-order valence-corrected chi connectivity index (χ3v) is 2.90. The zero-order valence-corrected chi connectivity index (χ0v) is 11.3. The molecule has 0 aromatic heterocycles. The monoisotopic (exact) mass is 266 g/mol. The number of benzene rings is 2. The number of rotatable bonds is 2. The van der Waals surface area contributed by atoms with Gasteiger partial charge in [0.05, 0.1) is 11.6 Å². The Balaban J connectivity index is 2.07. The van der Waals surface area contributed by atoms with E-state index in [9.17, 15) is 4.79 Å². The Kier molecular flexibility index (Phi) is 4.02. The summed E-state index contributed by atoms with van der Waals surface area (Å²) < 4.78 is 5.17. The van der Waals surface area contributed by atoms with E-state index in [1.165, 1.54) is 0 Å². The van der Waals surface area contributed by atoms with Crippen LogP contribution in [0.2, 0.25) is 0 Å². The fraction of sp³-hybridized carbons (Fsp3) is 0.125. The number of hydrogen-bond donors (Lipinski definition) is 1. The predicted molar refractivity (Wildman–Crippen MR) is 76.7 cm³/mol. The first-order chi connectivity index (χ1) is 9.60. The number of nitrogens with zero attached hydrogens (tertiary/aromatic N) is 1. The number of ether oxygens (including phenoxy) is 1. The molecule has 100 valence electrons. The van der Waals surface area contributed by atoms with E-state index in [4.69, 9.17) is 10.00 Å². The molecule has 0 aliphatic rings. The number of para-hydroxylation sites is 1. The fourth-order valence-corrected chi connectivity index (χ4v) is 1.84. The molecule has 0 saturated heterocycles. The molecule has 4 heteroatoms. The van der Waals surface area contributed by atoms with E-state index >= 15 is 0 Å². The minimum atomic E-state index is -0.549. The standard InChI is InChI=1S/C16H14N2O2/c1-11-4-3-5-12(2)15(11)18-16(19)20-14-8-6-13(10-17)7-9-14/h3-9H,1-2H3,(H,18,19). The van der Waals surface area contributed by atoms with Crippen LogP contribution in [-0.2, 0) is 0 Å². The number of carbonyl (C=O) groups is 1. The van der Waals surface area contributed by atoms with Crippen molar-refractivity contribution in [2.24, 2.45) is 0 Å². The Morgan fingerprint density at radius 2 is 1.70 bits per heavy atom. The summed E-state index contributed by atoms with van der Waals surface area (Å²) in [5, 5.41) is 11.4. The summed E-state index contributed by atoms with van der Waals surface area (Å²) in [6.45, 7) is 3.84. The smallest absolute Gasteiger partial charge is 0.410 e. The van der Waals surface area contributed by atoms with Crippen molar-refractivity contribution in [2.75, 3.05) is 5.32 Å². The van der Waals surface area contributed by atoms with E-state index in [1.807, 2.05) is 38.1 Å². The molecule has 1 amide bonds. The minimum Gasteiger partial charge on any atom is -0.410 e. The normalized spacial score (nSPS) is 9.65. The molecule has 0 aliphatic carbocycles. The van der Waals surface area contributed by atoms with E-state index in [0.29, 0.717) is 11.3 Å². The van der Waals surface area contributed by atoms with Crippen molar-refractivity contribution < 1.29 is 9.53 Å². The SMILES string of the molecule is Cc1cccc(C)c1NC(=O)Oc1ccc(C#N)cc1. The Hall–Kier alpha value is -2.80. The van der Waals surface area contributed by atoms with E-state index in [-0.39, 0.29) is 0 Å². The number of anilines is 1. The van der Waals surface area contributed by atoms with Crippen molar-refractivity contribution in [1.82, 2.24) is 0 Å². The molecule has 0 aliphatic heterocycles. The van der Waals surface area contributed by atoms with Crippen LogP contribution in [0.4, 0.5) is 10.5 Å². The van der Waals surface area contributed by atoms with Crippen molar-refractivity contribution >= 4 is 11.8 Å². The van der Waals surface area contributed by atoms with Gasteiger partial charge in [-0.05, 0) is 49.2 Å². The summed E-state index contributed by atoms with van der Waals surface area (Å²) in [5.74, 6) is 0.396. The molecular weight excluding hydrogens is 252 g/mol. The van der Waals surface area contributed by atoms with Gasteiger partial charge in [-0.3, -0.25) is 5.32 Å². The van der Waals surface area contributed by atoms with Crippen LogP contribution in [-0.4, -0.2) is 6.09 Å². The first-order valence-corrected chi connectivity index (χ1v) is 6.15. The Bertz CT molecular complexity index is 650. The first kappa shape index (κ1) is 13.6. The highest BCUT2D eigenvalue weighted by Gasteiger charge is 2.09. The second kappa shape index (κ2) is 5.89. The van der Waals surface area contributed by atoms with Gasteiger partial charge >= 0.3 is 6.09 Å². The third kappa shape index (κ3) is 3.15. The summed E-state index contributed by atoms with van der Waals surface area (Å²) in [6.07, 6.45) is -0.549. The lowest BCUT2D eigenvalue weighted by molar-refractivity contribution is 0.215. The van der Waals surface area contributed by atoms with Crippen LogP contribution in [0.1, 0.15) is 16.7 Å². The molecule has 0 spiro atoms. The van der Waals surface area contributed by atoms with Gasteiger partial charge in [0.25, 0.3) is 0 Å². The van der Waals surface area contributed by atoms with Crippen LogP contribution in [0.15, 0.2) is 42.5 Å². The van der Waals surface area contributed by atoms with Crippen LogP contribution in [0.3, 0.4) is 0 Å². The lowest BCUT2D eigenvalue weighted by atomic mass is 10.1. The zero-order chi connectivity index (χ0) is 14.5. The molecule has 4 nitrogen and oxygen atoms in total. The van der Waals surface area contributed by atoms with Gasteiger partial charge in [0.15, 0.2) is 0 Å². The number of nitriles is 1. The molecule has 0 fully saturated rings. The van der Waals surface area contributed by atoms with Crippen molar-refractivity contribution in [1.29, 1.82) is 5.26 Å². The lowest BCUT2D eigenvalue weighted by Crippen LogP contribution is -2.18. The lowest BCUT2D eigenvalue weighted by Gasteiger charge is -2.11. The number of nitrogens with one attached hydrogen (secondary N) is 1. The predicted octanol–water partition coefficient (Wildman–Crippen LogP) is 3.79. The van der Waals surface area contributed by atoms with Gasteiger partial charge in [0.2, 0.25) is 0 Å². The Morgan fingerprint density at radius 3 is 2.25 bits per heavy atom. The molecule has 0 heterocycles. The first-order valence-electron chi connectivity index (χ1n) is 6.15. The molecule has 1 N–H and O–H groups in total. The van der Waals surface area contributed by atoms with E-state index in [1.54, 1.807) is 24.3 Å². The third-order valence-electron chi connectivity index (χ3n) is 2.90. The van der Waals surface area contributed by atoms with Gasteiger partial charge < -0.3 is 4.74 Å². The molecule has 0 unspecified atom stereocenters. The van der Waals surface area contributed by atoms with E-state index < -0.39 is 6.09 Å². The van der Waals surface area contributed by atoms with Crippen LogP contribution in [0.25, 0.3) is 0 Å². The van der Waals surface area contributed by atoms with Crippen LogP contribution in [0, 0.1) is 25.2 Å². The second-order valence-corrected chi connectivity index (χ2v) is 4.42. The molecule has 20 heavy (non-hydrogen) atoms. The van der Waals surface area contributed by atoms with Gasteiger partial charge in [0, 0.05) is 5.69 Å². The zero-order valence-electron chi connectivity index (χ0n) is 11.3. The van der Waals surface area contributed by atoms with Gasteiger partial charge in [-0.25, -0.2) is 4.79 Å². The van der Waals surface area contributed by atoms with Gasteiger partial charge in [0.1, 0.15) is 5.75 Å². The average molecular weight is 266 g/mol. The molecule has 0 saturated carbocycles. The second-order valence-electron chi connectivity index (χ2n) is 4.42. The summed E-state index contributed by atoms with van der Waals surface area (Å²) in [6, 6.07) is 14.2. The molecule has 0 radical (unpaired) electrons. The highest BCUT2D eigenvalue weighted by molar-refractivity contribution is 5.88. The topological polar surface area (TPSA) is 62.1 Å². The van der Waals surface area contributed by atoms with Crippen molar-refractivity contribution in [2.45, 2.75) is 13.8 Å². The molecule has 2 aromatic rings. The summed E-state index contributed by atoms with van der Waals surface area (Å²) in [7, 11) is 0. The molecule has 0 atom stereocenters. The number of amides is 1. The molecule has 2 rings (SSSR count). The highest BCUT2D eigenvalue weighted by Crippen LogP contribution is 2.20. The Labute approximate surface area is 117 Å². The van der Waals surface area contributed by atoms with Gasteiger partial charge in [-0.2, -0.15) is 5.26 Å². The quantitative estimate of drug-likeness (QED) is 0.899. The number of hydrogen-bond acceptors (Lipinski definition) is 3. The number of aryl methyl sites for hydroxylation is 2. The average Bonchev–Trinajstić information content (AvgIpc) is 2.44. The van der Waals surface area contributed by atoms with Crippen LogP contribution in [0.5, 0.6) is 5.75 Å². The van der Waals surface area contributed by atoms with E-state index in [2.05, 4.69) is 5.32 Å². The van der Waals surface area contributed by atoms with Crippen molar-refractivity contribution in [3.05, 3.63) is 59.2 Å². The molecule has 2 aromatic carbocycles.